The first-order valence-electron chi connectivity index (χ1n) is 9.16. The van der Waals surface area contributed by atoms with Crippen molar-refractivity contribution in [3.8, 4) is 0 Å². The molecule has 1 heterocycles. The van der Waals surface area contributed by atoms with E-state index in [9.17, 15) is 14.4 Å². The van der Waals surface area contributed by atoms with Crippen molar-refractivity contribution in [2.24, 2.45) is 0 Å². The monoisotopic (exact) mass is 394 g/mol. The van der Waals surface area contributed by atoms with Gasteiger partial charge in [0.05, 0.1) is 6.54 Å². The molecule has 0 spiro atoms. The zero-order valence-corrected chi connectivity index (χ0v) is 16.3. The maximum Gasteiger partial charge on any atom is 0.251 e. The largest absolute Gasteiger partial charge is 0.360 e. The molecule has 0 atom stereocenters. The number of carbonyl (C=O) groups excluding carboxylic acids is 3. The smallest absolute Gasteiger partial charge is 0.251 e. The maximum absolute atomic E-state index is 12.3. The highest BCUT2D eigenvalue weighted by atomic mass is 16.5. The Labute approximate surface area is 167 Å². The normalized spacial score (nSPS) is 10.6. The molecular formula is C21H22N4O4. The molecule has 0 fully saturated rings. The first-order valence-corrected chi connectivity index (χ1v) is 9.16. The van der Waals surface area contributed by atoms with Crippen molar-refractivity contribution in [1.29, 1.82) is 0 Å². The lowest BCUT2D eigenvalue weighted by Gasteiger charge is -2.16. The van der Waals surface area contributed by atoms with Crippen LogP contribution >= 0.6 is 0 Å². The molecule has 8 heteroatoms. The minimum atomic E-state index is -0.380. The van der Waals surface area contributed by atoms with Gasteiger partial charge in [0.2, 0.25) is 11.8 Å². The molecule has 1 aromatic heterocycles. The summed E-state index contributed by atoms with van der Waals surface area (Å²) in [6.07, 6.45) is 0.0895. The van der Waals surface area contributed by atoms with Crippen LogP contribution in [-0.2, 0) is 9.59 Å². The fraction of sp³-hybridized carbons (Fsp3) is 0.238. The fourth-order valence-corrected chi connectivity index (χ4v) is 2.82. The molecule has 3 aromatic rings. The Bertz CT molecular complexity index is 1040. The summed E-state index contributed by atoms with van der Waals surface area (Å²) < 4.78 is 4.87. The quantitative estimate of drug-likeness (QED) is 0.640. The lowest BCUT2D eigenvalue weighted by molar-refractivity contribution is -0.133. The number of likely N-dealkylation sites (N-methyl/N-ethyl adjacent to an activating group) is 1. The second kappa shape index (κ2) is 9.01. The third kappa shape index (κ3) is 5.41. The second-order valence-electron chi connectivity index (χ2n) is 6.69. The van der Waals surface area contributed by atoms with Gasteiger partial charge >= 0.3 is 0 Å². The molecule has 0 aliphatic heterocycles. The van der Waals surface area contributed by atoms with Crippen LogP contribution in [0.3, 0.4) is 0 Å². The van der Waals surface area contributed by atoms with E-state index in [0.717, 1.165) is 10.8 Å². The molecule has 0 bridgehead atoms. The number of carbonyl (C=O) groups is 3. The van der Waals surface area contributed by atoms with E-state index in [4.69, 9.17) is 4.52 Å². The standard InChI is InChI=1S/C21H22N4O4/c1-14-11-18(24-29-14)23-19(26)13-25(2)20(27)9-10-22-21(28)17-8-7-15-5-3-4-6-16(15)12-17/h3-8,11-12H,9-10,13H2,1-2H3,(H,22,28)(H,23,24,26). The Hall–Kier alpha value is -3.68. The molecule has 29 heavy (non-hydrogen) atoms. The molecule has 3 rings (SSSR count). The Kier molecular flexibility index (Phi) is 6.23. The molecule has 0 aliphatic rings. The van der Waals surface area contributed by atoms with E-state index in [1.807, 2.05) is 36.4 Å². The predicted molar refractivity (Wildman–Crippen MR) is 108 cm³/mol. The molecule has 150 valence electrons. The van der Waals surface area contributed by atoms with E-state index in [-0.39, 0.29) is 37.2 Å². The Morgan fingerprint density at radius 1 is 1.07 bits per heavy atom. The summed E-state index contributed by atoms with van der Waals surface area (Å²) in [5.74, 6) is -0.00196. The van der Waals surface area contributed by atoms with Crippen LogP contribution in [0.2, 0.25) is 0 Å². The summed E-state index contributed by atoms with van der Waals surface area (Å²) in [5, 5.41) is 11.0. The second-order valence-corrected chi connectivity index (χ2v) is 6.69. The molecule has 0 saturated carbocycles. The van der Waals surface area contributed by atoms with E-state index in [1.54, 1.807) is 19.1 Å². The van der Waals surface area contributed by atoms with Gasteiger partial charge in [-0.2, -0.15) is 0 Å². The number of amides is 3. The first-order chi connectivity index (χ1) is 13.9. The molecule has 0 unspecified atom stereocenters. The molecule has 0 radical (unpaired) electrons. The average molecular weight is 394 g/mol. The van der Waals surface area contributed by atoms with Gasteiger partial charge in [0.15, 0.2) is 5.82 Å². The van der Waals surface area contributed by atoms with Crippen molar-refractivity contribution < 1.29 is 18.9 Å². The van der Waals surface area contributed by atoms with Crippen LogP contribution in [0.15, 0.2) is 53.1 Å². The minimum absolute atomic E-state index is 0.0895. The van der Waals surface area contributed by atoms with E-state index < -0.39 is 0 Å². The van der Waals surface area contributed by atoms with Gasteiger partial charge in [0.1, 0.15) is 5.76 Å². The van der Waals surface area contributed by atoms with Crippen molar-refractivity contribution >= 4 is 34.3 Å². The fourth-order valence-electron chi connectivity index (χ4n) is 2.82. The van der Waals surface area contributed by atoms with E-state index >= 15 is 0 Å². The summed E-state index contributed by atoms with van der Waals surface area (Å²) in [6, 6.07) is 14.8. The third-order valence-electron chi connectivity index (χ3n) is 4.34. The van der Waals surface area contributed by atoms with Crippen molar-refractivity contribution in [2.45, 2.75) is 13.3 Å². The molecule has 2 aromatic carbocycles. The highest BCUT2D eigenvalue weighted by Gasteiger charge is 2.15. The van der Waals surface area contributed by atoms with Crippen molar-refractivity contribution in [3.05, 3.63) is 59.9 Å². The van der Waals surface area contributed by atoms with E-state index in [2.05, 4.69) is 15.8 Å². The minimum Gasteiger partial charge on any atom is -0.360 e. The van der Waals surface area contributed by atoms with Gasteiger partial charge in [-0.25, -0.2) is 0 Å². The number of benzene rings is 2. The highest BCUT2D eigenvalue weighted by molar-refractivity contribution is 5.99. The maximum atomic E-state index is 12.3. The average Bonchev–Trinajstić information content (AvgIpc) is 3.11. The Balaban J connectivity index is 1.44. The summed E-state index contributed by atoms with van der Waals surface area (Å²) in [5.41, 5.74) is 0.534. The van der Waals surface area contributed by atoms with Gasteiger partial charge in [0.25, 0.3) is 5.91 Å². The van der Waals surface area contributed by atoms with Crippen molar-refractivity contribution in [3.63, 3.8) is 0 Å². The molecule has 2 N–H and O–H groups in total. The highest BCUT2D eigenvalue weighted by Crippen LogP contribution is 2.15. The molecule has 0 saturated heterocycles. The number of hydrogen-bond donors (Lipinski definition) is 2. The van der Waals surface area contributed by atoms with Gasteiger partial charge in [-0.05, 0) is 29.8 Å². The van der Waals surface area contributed by atoms with Crippen LogP contribution in [0.5, 0.6) is 0 Å². The van der Waals surface area contributed by atoms with Crippen LogP contribution in [-0.4, -0.2) is 47.9 Å². The van der Waals surface area contributed by atoms with Crippen LogP contribution in [0.1, 0.15) is 22.5 Å². The number of hydrogen-bond acceptors (Lipinski definition) is 5. The molecular weight excluding hydrogens is 372 g/mol. The van der Waals surface area contributed by atoms with Gasteiger partial charge in [-0.3, -0.25) is 14.4 Å². The van der Waals surface area contributed by atoms with Crippen molar-refractivity contribution in [1.82, 2.24) is 15.4 Å². The van der Waals surface area contributed by atoms with E-state index in [1.165, 1.54) is 11.9 Å². The summed E-state index contributed by atoms with van der Waals surface area (Å²) >= 11 is 0. The first kappa shape index (κ1) is 20.1. The third-order valence-corrected chi connectivity index (χ3v) is 4.34. The lowest BCUT2D eigenvalue weighted by Crippen LogP contribution is -2.37. The topological polar surface area (TPSA) is 105 Å². The Morgan fingerprint density at radius 2 is 1.83 bits per heavy atom. The molecule has 8 nitrogen and oxygen atoms in total. The SMILES string of the molecule is Cc1cc(NC(=O)CN(C)C(=O)CCNC(=O)c2ccc3ccccc3c2)no1. The number of anilines is 1. The Morgan fingerprint density at radius 3 is 2.55 bits per heavy atom. The van der Waals surface area contributed by atoms with Gasteiger partial charge in [0, 0.05) is 31.6 Å². The van der Waals surface area contributed by atoms with Crippen LogP contribution < -0.4 is 10.6 Å². The number of rotatable bonds is 7. The predicted octanol–water partition coefficient (Wildman–Crippen LogP) is 2.35. The number of aromatic nitrogens is 1. The van der Waals surface area contributed by atoms with Crippen LogP contribution in [0.4, 0.5) is 5.82 Å². The van der Waals surface area contributed by atoms with Gasteiger partial charge in [-0.15, -0.1) is 0 Å². The lowest BCUT2D eigenvalue weighted by atomic mass is 10.1. The van der Waals surface area contributed by atoms with Crippen molar-refractivity contribution in [2.75, 3.05) is 25.5 Å². The summed E-state index contributed by atoms with van der Waals surface area (Å²) in [7, 11) is 1.53. The zero-order chi connectivity index (χ0) is 20.8. The van der Waals surface area contributed by atoms with Gasteiger partial charge in [-0.1, -0.05) is 35.5 Å². The van der Waals surface area contributed by atoms with Crippen LogP contribution in [0, 0.1) is 6.92 Å². The van der Waals surface area contributed by atoms with E-state index in [0.29, 0.717) is 17.1 Å². The number of fused-ring (bicyclic) bond motifs is 1. The summed E-state index contributed by atoms with van der Waals surface area (Å²) in [4.78, 5) is 37.7. The molecule has 3 amide bonds. The number of nitrogens with one attached hydrogen (secondary N) is 2. The number of nitrogens with zero attached hydrogens (tertiary/aromatic N) is 2. The molecule has 0 aliphatic carbocycles. The van der Waals surface area contributed by atoms with Crippen LogP contribution in [0.25, 0.3) is 10.8 Å². The van der Waals surface area contributed by atoms with Gasteiger partial charge < -0.3 is 20.1 Å². The zero-order valence-electron chi connectivity index (χ0n) is 16.3. The number of aryl methyl sites for hydroxylation is 1. The summed E-state index contributed by atoms with van der Waals surface area (Å²) in [6.45, 7) is 1.77.